The van der Waals surface area contributed by atoms with Crippen LogP contribution in [0.4, 0.5) is 0 Å². The minimum atomic E-state index is -1.15. The number of hydrogen-bond acceptors (Lipinski definition) is 6. The first-order valence-corrected chi connectivity index (χ1v) is 17.6. The van der Waals surface area contributed by atoms with Crippen LogP contribution in [-0.2, 0) is 9.47 Å². The zero-order chi connectivity index (χ0) is 33.4. The van der Waals surface area contributed by atoms with Gasteiger partial charge in [0.25, 0.3) is 0 Å². The molecule has 0 unspecified atom stereocenters. The SMILES string of the molecule is CC1=CC[C@@]2(O)[C@H](CC[C@]2(C)O)C(C)(C)[C@@H]1CC[C@H]1[C@]2(C)CC[C@H](OC(=O)c3ccc(Cl)c(Cl)c3)C(C)(C)O[C@H]2CC[C@@]1(C)O. The molecule has 3 aliphatic carbocycles. The summed E-state index contributed by atoms with van der Waals surface area (Å²) in [7, 11) is 0. The zero-order valence-corrected chi connectivity index (χ0v) is 29.9. The number of rotatable bonds is 5. The van der Waals surface area contributed by atoms with Crippen molar-refractivity contribution in [3.8, 4) is 0 Å². The predicted molar refractivity (Wildman–Crippen MR) is 178 cm³/mol. The number of carbonyl (C=O) groups excluding carboxylic acids is 1. The third-order valence-electron chi connectivity index (χ3n) is 13.0. The first-order chi connectivity index (χ1) is 20.7. The Morgan fingerprint density at radius 2 is 1.62 bits per heavy atom. The van der Waals surface area contributed by atoms with E-state index in [0.29, 0.717) is 41.3 Å². The number of hydrogen-bond donors (Lipinski definition) is 3. The topological polar surface area (TPSA) is 96.2 Å². The van der Waals surface area contributed by atoms with Crippen molar-refractivity contribution in [2.75, 3.05) is 0 Å². The minimum absolute atomic E-state index is 0.0260. The molecule has 6 nitrogen and oxygen atoms in total. The monoisotopic (exact) mass is 664 g/mol. The summed E-state index contributed by atoms with van der Waals surface area (Å²) in [5.41, 5.74) is -2.84. The van der Waals surface area contributed by atoms with E-state index >= 15 is 0 Å². The molecule has 45 heavy (non-hydrogen) atoms. The molecule has 1 aliphatic heterocycles. The van der Waals surface area contributed by atoms with Crippen molar-refractivity contribution >= 4 is 29.2 Å². The molecule has 0 amide bonds. The lowest BCUT2D eigenvalue weighted by atomic mass is 9.55. The van der Waals surface area contributed by atoms with E-state index in [1.54, 1.807) is 19.1 Å². The maximum absolute atomic E-state index is 13.2. The molecule has 3 fully saturated rings. The number of esters is 1. The second kappa shape index (κ2) is 11.8. The molecule has 1 saturated heterocycles. The average molecular weight is 666 g/mol. The number of carbonyl (C=O) groups is 1. The lowest BCUT2D eigenvalue weighted by Crippen LogP contribution is -2.57. The van der Waals surface area contributed by atoms with Gasteiger partial charge in [-0.3, -0.25) is 0 Å². The third kappa shape index (κ3) is 6.04. The van der Waals surface area contributed by atoms with Crippen molar-refractivity contribution < 1.29 is 29.6 Å². The predicted octanol–water partition coefficient (Wildman–Crippen LogP) is 8.31. The Labute approximate surface area is 279 Å². The van der Waals surface area contributed by atoms with Gasteiger partial charge in [-0.2, -0.15) is 0 Å². The number of allylic oxidation sites excluding steroid dienone is 1. The first-order valence-electron chi connectivity index (χ1n) is 16.8. The number of benzene rings is 1. The van der Waals surface area contributed by atoms with E-state index in [4.69, 9.17) is 32.7 Å². The van der Waals surface area contributed by atoms with Gasteiger partial charge in [0.2, 0.25) is 0 Å². The first kappa shape index (κ1) is 35.2. The molecule has 252 valence electrons. The highest BCUT2D eigenvalue weighted by atomic mass is 35.5. The summed E-state index contributed by atoms with van der Waals surface area (Å²) in [5.74, 6) is -0.325. The Balaban J connectivity index is 1.38. The van der Waals surface area contributed by atoms with Crippen LogP contribution in [-0.4, -0.2) is 55.9 Å². The third-order valence-corrected chi connectivity index (χ3v) is 13.8. The lowest BCUT2D eigenvalue weighted by molar-refractivity contribution is -0.207. The zero-order valence-electron chi connectivity index (χ0n) is 28.4. The summed E-state index contributed by atoms with van der Waals surface area (Å²) in [4.78, 5) is 13.2. The van der Waals surface area contributed by atoms with Crippen molar-refractivity contribution in [2.45, 2.75) is 148 Å². The largest absolute Gasteiger partial charge is 0.456 e. The maximum atomic E-state index is 13.2. The molecule has 0 radical (unpaired) electrons. The fraction of sp³-hybridized carbons (Fsp3) is 0.757. The van der Waals surface area contributed by atoms with Crippen LogP contribution in [0.25, 0.3) is 0 Å². The molecule has 0 aromatic heterocycles. The fourth-order valence-corrected chi connectivity index (χ4v) is 10.4. The normalized spacial score (nSPS) is 42.5. The number of halogens is 2. The van der Waals surface area contributed by atoms with E-state index in [9.17, 15) is 20.1 Å². The van der Waals surface area contributed by atoms with Crippen LogP contribution in [0.15, 0.2) is 29.8 Å². The summed E-state index contributed by atoms with van der Waals surface area (Å²) in [6.07, 6.45) is 7.81. The number of fused-ring (bicyclic) bond motifs is 2. The smallest absolute Gasteiger partial charge is 0.338 e. The summed E-state index contributed by atoms with van der Waals surface area (Å²) < 4.78 is 13.0. The van der Waals surface area contributed by atoms with E-state index in [-0.39, 0.29) is 34.7 Å². The van der Waals surface area contributed by atoms with Crippen molar-refractivity contribution in [1.29, 1.82) is 0 Å². The van der Waals surface area contributed by atoms with E-state index < -0.39 is 34.5 Å². The van der Waals surface area contributed by atoms with Gasteiger partial charge < -0.3 is 24.8 Å². The van der Waals surface area contributed by atoms with Gasteiger partial charge in [-0.25, -0.2) is 4.79 Å². The highest BCUT2D eigenvalue weighted by Crippen LogP contribution is 2.61. The Hall–Kier alpha value is -1.15. The molecule has 2 saturated carbocycles. The molecule has 4 aliphatic rings. The number of aliphatic hydroxyl groups is 3. The highest BCUT2D eigenvalue weighted by Gasteiger charge is 2.62. The Morgan fingerprint density at radius 3 is 2.29 bits per heavy atom. The maximum Gasteiger partial charge on any atom is 0.338 e. The summed E-state index contributed by atoms with van der Waals surface area (Å²) in [5, 5.41) is 35.7. The molecule has 1 heterocycles. The van der Waals surface area contributed by atoms with Gasteiger partial charge in [-0.1, -0.05) is 55.6 Å². The molecule has 8 heteroatoms. The van der Waals surface area contributed by atoms with Crippen LogP contribution in [0.5, 0.6) is 0 Å². The fourth-order valence-electron chi connectivity index (χ4n) is 10.1. The Kier molecular flexibility index (Phi) is 9.20. The summed E-state index contributed by atoms with van der Waals surface area (Å²) in [6, 6.07) is 4.75. The molecule has 5 rings (SSSR count). The van der Waals surface area contributed by atoms with E-state index in [2.05, 4.69) is 33.8 Å². The minimum Gasteiger partial charge on any atom is -0.456 e. The van der Waals surface area contributed by atoms with Gasteiger partial charge in [-0.05, 0) is 139 Å². The molecule has 9 atom stereocenters. The summed E-state index contributed by atoms with van der Waals surface area (Å²) >= 11 is 12.2. The Morgan fingerprint density at radius 1 is 0.933 bits per heavy atom. The van der Waals surface area contributed by atoms with Gasteiger partial charge in [0.1, 0.15) is 6.10 Å². The molecule has 1 aromatic rings. The highest BCUT2D eigenvalue weighted by molar-refractivity contribution is 6.42. The Bertz CT molecular complexity index is 1330. The molecule has 1 aromatic carbocycles. The van der Waals surface area contributed by atoms with E-state index in [0.717, 1.165) is 32.1 Å². The van der Waals surface area contributed by atoms with Crippen LogP contribution in [0.2, 0.25) is 10.0 Å². The van der Waals surface area contributed by atoms with Crippen molar-refractivity contribution in [2.24, 2.45) is 28.6 Å². The average Bonchev–Trinajstić information content (AvgIpc) is 3.08. The van der Waals surface area contributed by atoms with Crippen molar-refractivity contribution in [1.82, 2.24) is 0 Å². The van der Waals surface area contributed by atoms with E-state index in [1.807, 2.05) is 20.8 Å². The lowest BCUT2D eigenvalue weighted by Gasteiger charge is -2.54. The molecule has 0 spiro atoms. The van der Waals surface area contributed by atoms with Crippen LogP contribution in [0.3, 0.4) is 0 Å². The quantitative estimate of drug-likeness (QED) is 0.216. The van der Waals surface area contributed by atoms with Crippen LogP contribution < -0.4 is 0 Å². The van der Waals surface area contributed by atoms with Gasteiger partial charge in [0, 0.05) is 0 Å². The van der Waals surface area contributed by atoms with E-state index in [1.165, 1.54) is 11.6 Å². The molecule has 0 bridgehead atoms. The van der Waals surface area contributed by atoms with Crippen molar-refractivity contribution in [3.05, 3.63) is 45.5 Å². The van der Waals surface area contributed by atoms with Gasteiger partial charge in [0.15, 0.2) is 0 Å². The standard InChI is InChI=1S/C37H54Cl2O6/c1-22-13-20-37(43)27(14-19-36(37,8)42)32(2,3)24(22)10-12-28-34(6)17-15-29(33(4,5)45-30(34)16-18-35(28,7)41)44-31(40)23-9-11-25(38)26(39)21-23/h9,11,13,21,24,27-30,41-43H,10,12,14-20H2,1-8H3/t24-,27-,28+,29+,30+,34+,35-,36+,37-/m1/s1. The van der Waals surface area contributed by atoms with Crippen LogP contribution in [0, 0.1) is 28.6 Å². The van der Waals surface area contributed by atoms with Crippen LogP contribution in [0.1, 0.15) is 124 Å². The van der Waals surface area contributed by atoms with Gasteiger partial charge >= 0.3 is 5.97 Å². The van der Waals surface area contributed by atoms with Gasteiger partial charge in [0.05, 0.1) is 44.1 Å². The van der Waals surface area contributed by atoms with Crippen molar-refractivity contribution in [3.63, 3.8) is 0 Å². The second-order valence-corrected chi connectivity index (χ2v) is 17.4. The number of ether oxygens (including phenoxy) is 2. The molecular weight excluding hydrogens is 611 g/mol. The van der Waals surface area contributed by atoms with Gasteiger partial charge in [-0.15, -0.1) is 0 Å². The molecule has 3 N–H and O–H groups in total. The van der Waals surface area contributed by atoms with Crippen LogP contribution >= 0.6 is 23.2 Å². The summed E-state index contributed by atoms with van der Waals surface area (Å²) in [6.45, 7) is 16.7. The molecular formula is C37H54Cl2O6. The second-order valence-electron chi connectivity index (χ2n) is 16.6.